The molecule has 0 radical (unpaired) electrons. The van der Waals surface area contributed by atoms with Gasteiger partial charge in [0.15, 0.2) is 0 Å². The van der Waals surface area contributed by atoms with E-state index < -0.39 is 17.7 Å². The molecule has 0 aromatic heterocycles. The fourth-order valence-corrected chi connectivity index (χ4v) is 5.05. The predicted molar refractivity (Wildman–Crippen MR) is 162 cm³/mol. The van der Waals surface area contributed by atoms with E-state index in [1.807, 2.05) is 36.4 Å². The molecule has 1 saturated heterocycles. The smallest absolute Gasteiger partial charge is 0.254 e. The summed E-state index contributed by atoms with van der Waals surface area (Å²) in [5, 5.41) is 11.6. The molecular weight excluding hydrogens is 520 g/mol. The number of methoxy groups -OCH3 is 2. The normalized spacial score (nSPS) is 18.1. The van der Waals surface area contributed by atoms with Crippen molar-refractivity contribution in [2.24, 2.45) is 5.92 Å². The van der Waals surface area contributed by atoms with Gasteiger partial charge in [0.1, 0.15) is 17.7 Å². The molecule has 226 valence electrons. The van der Waals surface area contributed by atoms with Crippen LogP contribution >= 0.6 is 0 Å². The average Bonchev–Trinajstić information content (AvgIpc) is 3.40. The van der Waals surface area contributed by atoms with Crippen molar-refractivity contribution in [2.45, 2.75) is 77.2 Å². The van der Waals surface area contributed by atoms with Gasteiger partial charge in [-0.15, -0.1) is 0 Å². The lowest BCUT2D eigenvalue weighted by atomic mass is 10.0. The van der Waals surface area contributed by atoms with Crippen LogP contribution in [0.15, 0.2) is 42.5 Å². The van der Waals surface area contributed by atoms with E-state index in [1.54, 1.807) is 21.0 Å². The maximum atomic E-state index is 13.7. The number of amides is 3. The molecule has 9 heteroatoms. The third-order valence-corrected chi connectivity index (χ3v) is 7.70. The van der Waals surface area contributed by atoms with E-state index in [0.717, 1.165) is 42.3 Å². The molecule has 0 aliphatic carbocycles. The third kappa shape index (κ3) is 9.24. The van der Waals surface area contributed by atoms with Gasteiger partial charge >= 0.3 is 0 Å². The molecule has 0 bridgehead atoms. The molecule has 2 aromatic carbocycles. The minimum Gasteiger partial charge on any atom is -0.380 e. The van der Waals surface area contributed by atoms with Crippen LogP contribution in [0, 0.1) is 5.92 Å². The van der Waals surface area contributed by atoms with Crippen LogP contribution in [0.1, 0.15) is 52.5 Å². The first-order valence-electron chi connectivity index (χ1n) is 14.7. The summed E-state index contributed by atoms with van der Waals surface area (Å²) in [6.45, 7) is 10.4. The molecule has 0 spiro atoms. The quantitative estimate of drug-likeness (QED) is 0.285. The Kier molecular flexibility index (Phi) is 12.1. The molecule has 3 atom stereocenters. The number of rotatable bonds is 15. The SMILES string of the molecule is COC1CC(C(=O)NC(Cc2ccc3ccccc3c2)C(=O)NCCCCNCC(C)C)N(C(=O)C(C)(C)OC)C1. The van der Waals surface area contributed by atoms with Crippen LogP contribution in [0.4, 0.5) is 0 Å². The molecule has 41 heavy (non-hydrogen) atoms. The number of carbonyl (C=O) groups is 3. The number of hydrogen-bond donors (Lipinski definition) is 3. The Labute approximate surface area is 244 Å². The lowest BCUT2D eigenvalue weighted by molar-refractivity contribution is -0.154. The van der Waals surface area contributed by atoms with Gasteiger partial charge in [-0.3, -0.25) is 14.4 Å². The molecule has 1 aliphatic rings. The van der Waals surface area contributed by atoms with Gasteiger partial charge in [0.2, 0.25) is 11.8 Å². The Bertz CT molecular complexity index is 1170. The van der Waals surface area contributed by atoms with Crippen molar-refractivity contribution in [1.82, 2.24) is 20.9 Å². The number of ether oxygens (including phenoxy) is 2. The Morgan fingerprint density at radius 1 is 1.02 bits per heavy atom. The van der Waals surface area contributed by atoms with Crippen LogP contribution in [-0.4, -0.2) is 86.8 Å². The number of carbonyl (C=O) groups excluding carboxylic acids is 3. The van der Waals surface area contributed by atoms with Gasteiger partial charge in [0.05, 0.1) is 6.10 Å². The zero-order valence-corrected chi connectivity index (χ0v) is 25.5. The van der Waals surface area contributed by atoms with Gasteiger partial charge < -0.3 is 30.3 Å². The summed E-state index contributed by atoms with van der Waals surface area (Å²) in [6.07, 6.45) is 2.18. The highest BCUT2D eigenvalue weighted by molar-refractivity contribution is 5.94. The van der Waals surface area contributed by atoms with Crippen molar-refractivity contribution in [3.63, 3.8) is 0 Å². The number of nitrogens with zero attached hydrogens (tertiary/aromatic N) is 1. The molecular formula is C32H48N4O5. The monoisotopic (exact) mass is 568 g/mol. The topological polar surface area (TPSA) is 109 Å². The first kappa shape index (κ1) is 32.5. The van der Waals surface area contributed by atoms with Gasteiger partial charge in [0, 0.05) is 40.2 Å². The van der Waals surface area contributed by atoms with Gasteiger partial charge in [-0.2, -0.15) is 0 Å². The fraction of sp³-hybridized carbons (Fsp3) is 0.594. The molecule has 9 nitrogen and oxygen atoms in total. The summed E-state index contributed by atoms with van der Waals surface area (Å²) in [5.41, 5.74) is -0.149. The van der Waals surface area contributed by atoms with E-state index >= 15 is 0 Å². The number of nitrogens with one attached hydrogen (secondary N) is 3. The highest BCUT2D eigenvalue weighted by Gasteiger charge is 2.45. The maximum Gasteiger partial charge on any atom is 0.254 e. The first-order chi connectivity index (χ1) is 19.6. The third-order valence-electron chi connectivity index (χ3n) is 7.70. The first-order valence-corrected chi connectivity index (χ1v) is 14.7. The number of unbranched alkanes of at least 4 members (excludes halogenated alkanes) is 1. The van der Waals surface area contributed by atoms with Crippen LogP contribution in [0.2, 0.25) is 0 Å². The molecule has 0 saturated carbocycles. The highest BCUT2D eigenvalue weighted by Crippen LogP contribution is 2.25. The zero-order chi connectivity index (χ0) is 30.0. The largest absolute Gasteiger partial charge is 0.380 e. The van der Waals surface area contributed by atoms with Gasteiger partial charge in [-0.1, -0.05) is 56.3 Å². The second kappa shape index (κ2) is 15.3. The van der Waals surface area contributed by atoms with E-state index in [4.69, 9.17) is 9.47 Å². The second-order valence-electron chi connectivity index (χ2n) is 11.8. The standard InChI is InChI=1S/C32H48N4O5/c1-22(2)20-33-15-9-10-16-34-29(37)27(18-23-13-14-24-11-7-8-12-25(24)17-23)35-30(38)28-19-26(40-5)21-36(28)31(39)32(3,4)41-6/h7-8,11-14,17,22,26-28,33H,9-10,15-16,18-21H2,1-6H3,(H,34,37)(H,35,38). The van der Waals surface area contributed by atoms with Crippen LogP contribution in [0.3, 0.4) is 0 Å². The van der Waals surface area contributed by atoms with Crippen molar-refractivity contribution in [3.05, 3.63) is 48.0 Å². The van der Waals surface area contributed by atoms with Crippen molar-refractivity contribution < 1.29 is 23.9 Å². The van der Waals surface area contributed by atoms with Crippen LogP contribution in [-0.2, 0) is 30.3 Å². The number of likely N-dealkylation sites (tertiary alicyclic amines) is 1. The molecule has 3 amide bonds. The predicted octanol–water partition coefficient (Wildman–Crippen LogP) is 3.05. The second-order valence-corrected chi connectivity index (χ2v) is 11.8. The average molecular weight is 569 g/mol. The van der Waals surface area contributed by atoms with E-state index in [0.29, 0.717) is 25.3 Å². The molecule has 3 unspecified atom stereocenters. The fourth-order valence-electron chi connectivity index (χ4n) is 5.05. The van der Waals surface area contributed by atoms with Crippen LogP contribution in [0.25, 0.3) is 10.8 Å². The van der Waals surface area contributed by atoms with Gasteiger partial charge in [-0.05, 0) is 62.0 Å². The van der Waals surface area contributed by atoms with Gasteiger partial charge in [-0.25, -0.2) is 0 Å². The lowest BCUT2D eigenvalue weighted by Crippen LogP contribution is -2.56. The van der Waals surface area contributed by atoms with Crippen molar-refractivity contribution in [2.75, 3.05) is 40.4 Å². The number of fused-ring (bicyclic) bond motifs is 1. The Balaban J connectivity index is 1.73. The summed E-state index contributed by atoms with van der Waals surface area (Å²) < 4.78 is 10.9. The summed E-state index contributed by atoms with van der Waals surface area (Å²) >= 11 is 0. The molecule has 1 aliphatic heterocycles. The molecule has 3 N–H and O–H groups in total. The van der Waals surface area contributed by atoms with Gasteiger partial charge in [0.25, 0.3) is 5.91 Å². The minimum absolute atomic E-state index is 0.238. The van der Waals surface area contributed by atoms with Crippen molar-refractivity contribution in [1.29, 1.82) is 0 Å². The van der Waals surface area contributed by atoms with E-state index in [2.05, 4.69) is 35.9 Å². The van der Waals surface area contributed by atoms with E-state index in [1.165, 1.54) is 12.0 Å². The maximum absolute atomic E-state index is 13.7. The number of hydrogen-bond acceptors (Lipinski definition) is 6. The van der Waals surface area contributed by atoms with Crippen molar-refractivity contribution >= 4 is 28.5 Å². The Morgan fingerprint density at radius 2 is 1.73 bits per heavy atom. The Hall–Kier alpha value is -3.01. The summed E-state index contributed by atoms with van der Waals surface area (Å²) in [4.78, 5) is 41.9. The molecule has 1 fully saturated rings. The summed E-state index contributed by atoms with van der Waals surface area (Å²) in [6, 6.07) is 12.6. The number of benzene rings is 2. The summed E-state index contributed by atoms with van der Waals surface area (Å²) in [5.74, 6) is -0.303. The molecule has 2 aromatic rings. The summed E-state index contributed by atoms with van der Waals surface area (Å²) in [7, 11) is 3.05. The zero-order valence-electron chi connectivity index (χ0n) is 25.5. The molecule has 1 heterocycles. The molecule has 3 rings (SSSR count). The minimum atomic E-state index is -1.09. The lowest BCUT2D eigenvalue weighted by Gasteiger charge is -2.32. The van der Waals surface area contributed by atoms with Crippen LogP contribution in [0.5, 0.6) is 0 Å². The van der Waals surface area contributed by atoms with Crippen molar-refractivity contribution in [3.8, 4) is 0 Å². The highest BCUT2D eigenvalue weighted by atomic mass is 16.5. The Morgan fingerprint density at radius 3 is 2.41 bits per heavy atom. The van der Waals surface area contributed by atoms with E-state index in [9.17, 15) is 14.4 Å². The van der Waals surface area contributed by atoms with E-state index in [-0.39, 0.29) is 30.4 Å². The van der Waals surface area contributed by atoms with Crippen LogP contribution < -0.4 is 16.0 Å².